The summed E-state index contributed by atoms with van der Waals surface area (Å²) in [6.45, 7) is 7.17. The van der Waals surface area contributed by atoms with Crippen LogP contribution in [0.5, 0.6) is 0 Å². The van der Waals surface area contributed by atoms with Crippen LogP contribution in [0.2, 0.25) is 0 Å². The normalized spacial score (nSPS) is 14.4. The van der Waals surface area contributed by atoms with Crippen LogP contribution in [0.4, 0.5) is 0 Å². The zero-order chi connectivity index (χ0) is 13.9. The third kappa shape index (κ3) is 6.73. The Morgan fingerprint density at radius 2 is 1.17 bits per heavy atom. The molecule has 0 heterocycles. The van der Waals surface area contributed by atoms with Crippen LogP contribution in [0.3, 0.4) is 0 Å². The first-order chi connectivity index (χ1) is 8.54. The van der Waals surface area contributed by atoms with Crippen molar-refractivity contribution in [1.82, 2.24) is 0 Å². The van der Waals surface area contributed by atoms with E-state index >= 15 is 0 Å². The second-order valence-corrected chi connectivity index (χ2v) is 14.1. The van der Waals surface area contributed by atoms with E-state index in [-0.39, 0.29) is 0 Å². The first-order valence-corrected chi connectivity index (χ1v) is 11.8. The second kappa shape index (κ2) is 9.56. The van der Waals surface area contributed by atoms with Crippen molar-refractivity contribution in [3.05, 3.63) is 0 Å². The van der Waals surface area contributed by atoms with E-state index in [9.17, 15) is 0 Å². The predicted molar refractivity (Wildman–Crippen MR) is 88.7 cm³/mol. The van der Waals surface area contributed by atoms with Gasteiger partial charge in [0.15, 0.2) is 0 Å². The molecule has 0 aromatic carbocycles. The molecule has 0 aromatic heterocycles. The molecule has 0 aliphatic rings. The minimum atomic E-state index is -1.92. The van der Waals surface area contributed by atoms with Gasteiger partial charge < -0.3 is 0 Å². The molecule has 0 rings (SSSR count). The van der Waals surface area contributed by atoms with Gasteiger partial charge in [-0.05, 0) is 0 Å². The van der Waals surface area contributed by atoms with Gasteiger partial charge in [0.1, 0.15) is 0 Å². The quantitative estimate of drug-likeness (QED) is 0.374. The summed E-state index contributed by atoms with van der Waals surface area (Å²) in [6, 6.07) is 0. The zero-order valence-electron chi connectivity index (χ0n) is 12.8. The number of halogens is 1. The Labute approximate surface area is 119 Å². The summed E-state index contributed by atoms with van der Waals surface area (Å²) in [6.07, 6.45) is 13.4. The molecule has 0 aliphatic heterocycles. The fourth-order valence-electron chi connectivity index (χ4n) is 3.32. The molecule has 0 spiro atoms. The van der Waals surface area contributed by atoms with Gasteiger partial charge in [-0.3, -0.25) is 0 Å². The molecule has 0 bridgehead atoms. The fraction of sp³-hybridized carbons (Fsp3) is 1.00. The van der Waals surface area contributed by atoms with Gasteiger partial charge in [-0.15, -0.1) is 0 Å². The van der Waals surface area contributed by atoms with E-state index in [0.29, 0.717) is 6.61 Å². The van der Waals surface area contributed by atoms with Crippen LogP contribution in [-0.2, 0) is 0 Å². The molecule has 0 aliphatic carbocycles. The summed E-state index contributed by atoms with van der Waals surface area (Å²) in [5.41, 5.74) is 0. The first kappa shape index (κ1) is 18.7. The van der Waals surface area contributed by atoms with Crippen molar-refractivity contribution in [2.75, 3.05) is 31.3 Å². The van der Waals surface area contributed by atoms with Crippen molar-refractivity contribution >= 4 is 17.2 Å². The molecule has 0 atom stereocenters. The van der Waals surface area contributed by atoms with Gasteiger partial charge in [0.05, 0.1) is 0 Å². The molecule has 0 aromatic rings. The van der Waals surface area contributed by atoms with Crippen molar-refractivity contribution < 1.29 is 5.11 Å². The van der Waals surface area contributed by atoms with Gasteiger partial charge in [0.2, 0.25) is 0 Å². The molecule has 1 nitrogen and oxygen atoms in total. The van der Waals surface area contributed by atoms with E-state index in [1.165, 1.54) is 56.8 Å². The Balaban J connectivity index is 4.42. The zero-order valence-corrected chi connectivity index (χ0v) is 14.4. The summed E-state index contributed by atoms with van der Waals surface area (Å²) in [5, 5.41) is 8.81. The molecule has 0 saturated carbocycles. The van der Waals surface area contributed by atoms with E-state index in [4.69, 9.17) is 16.3 Å². The van der Waals surface area contributed by atoms with Crippen LogP contribution < -0.4 is 0 Å². The van der Waals surface area contributed by atoms with Crippen molar-refractivity contribution in [3.8, 4) is 0 Å². The van der Waals surface area contributed by atoms with Crippen LogP contribution in [0, 0.1) is 0 Å². The van der Waals surface area contributed by atoms with Crippen molar-refractivity contribution in [3.63, 3.8) is 0 Å². The third-order valence-corrected chi connectivity index (χ3v) is 12.1. The summed E-state index contributed by atoms with van der Waals surface area (Å²) in [7, 11) is 0. The fourth-order valence-corrected chi connectivity index (χ4v) is 10.9. The standard InChI is InChI=1S/C15H34ClOP/c1-4-12-18(16,13-5-2,14-6-3)15-10-8-7-9-11-17/h17H,4-15H2,1-3H3. The summed E-state index contributed by atoms with van der Waals surface area (Å²) < 4.78 is 0. The van der Waals surface area contributed by atoms with Crippen molar-refractivity contribution in [2.24, 2.45) is 0 Å². The molecule has 112 valence electrons. The van der Waals surface area contributed by atoms with Crippen LogP contribution in [0.1, 0.15) is 65.7 Å². The topological polar surface area (TPSA) is 20.2 Å². The van der Waals surface area contributed by atoms with E-state index in [1.54, 1.807) is 0 Å². The first-order valence-electron chi connectivity index (χ1n) is 7.87. The van der Waals surface area contributed by atoms with E-state index in [1.807, 2.05) is 0 Å². The maximum absolute atomic E-state index is 8.81. The summed E-state index contributed by atoms with van der Waals surface area (Å²) in [5.74, 6) is -1.92. The van der Waals surface area contributed by atoms with Gasteiger partial charge in [0, 0.05) is 0 Å². The summed E-state index contributed by atoms with van der Waals surface area (Å²) >= 11 is 7.29. The molecule has 0 amide bonds. The Morgan fingerprint density at radius 1 is 0.722 bits per heavy atom. The number of hydrogen-bond donors (Lipinski definition) is 1. The minimum absolute atomic E-state index is 0.337. The SMILES string of the molecule is CCCP(Cl)(CCC)(CCC)CCCCCCO. The third-order valence-electron chi connectivity index (χ3n) is 3.97. The number of unbranched alkanes of at least 4 members (excludes halogenated alkanes) is 3. The van der Waals surface area contributed by atoms with Crippen LogP contribution in [0.25, 0.3) is 0 Å². The maximum atomic E-state index is 8.81. The Bertz CT molecular complexity index is 189. The molecule has 0 saturated heterocycles. The van der Waals surface area contributed by atoms with Gasteiger partial charge in [-0.1, -0.05) is 0 Å². The van der Waals surface area contributed by atoms with E-state index in [2.05, 4.69) is 20.8 Å². The van der Waals surface area contributed by atoms with Crippen molar-refractivity contribution in [2.45, 2.75) is 65.7 Å². The molecule has 18 heavy (non-hydrogen) atoms. The predicted octanol–water partition coefficient (Wildman–Crippen LogP) is 5.48. The molecule has 1 N–H and O–H groups in total. The van der Waals surface area contributed by atoms with E-state index < -0.39 is 5.96 Å². The summed E-state index contributed by atoms with van der Waals surface area (Å²) in [4.78, 5) is 0. The average molecular weight is 297 g/mol. The molecule has 0 fully saturated rings. The Kier molecular flexibility index (Phi) is 9.92. The Hall–Kier alpha value is 0.680. The van der Waals surface area contributed by atoms with Crippen LogP contribution in [-0.4, -0.2) is 36.4 Å². The van der Waals surface area contributed by atoms with Gasteiger partial charge in [0.25, 0.3) is 0 Å². The molecular weight excluding hydrogens is 263 g/mol. The van der Waals surface area contributed by atoms with Gasteiger partial charge in [-0.25, -0.2) is 0 Å². The number of rotatable bonds is 12. The average Bonchev–Trinajstić information content (AvgIpc) is 2.30. The number of aliphatic hydroxyl groups is 1. The van der Waals surface area contributed by atoms with Gasteiger partial charge >= 0.3 is 119 Å². The second-order valence-electron chi connectivity index (χ2n) is 5.85. The molecular formula is C15H34ClOP. The number of hydrogen-bond acceptors (Lipinski definition) is 1. The Morgan fingerprint density at radius 3 is 1.56 bits per heavy atom. The molecule has 0 unspecified atom stereocenters. The van der Waals surface area contributed by atoms with Gasteiger partial charge in [-0.2, -0.15) is 0 Å². The van der Waals surface area contributed by atoms with E-state index in [0.717, 1.165) is 12.8 Å². The van der Waals surface area contributed by atoms with Crippen LogP contribution >= 0.6 is 17.2 Å². The number of aliphatic hydroxyl groups excluding tert-OH is 1. The van der Waals surface area contributed by atoms with Crippen molar-refractivity contribution in [1.29, 1.82) is 0 Å². The monoisotopic (exact) mass is 296 g/mol. The molecule has 3 heteroatoms. The van der Waals surface area contributed by atoms with Crippen LogP contribution in [0.15, 0.2) is 0 Å². The molecule has 0 radical (unpaired) electrons.